The van der Waals surface area contributed by atoms with Gasteiger partial charge in [-0.05, 0) is 30.3 Å². The molecule has 0 saturated heterocycles. The number of nitrogens with zero attached hydrogens (tertiary/aromatic N) is 2. The highest BCUT2D eigenvalue weighted by molar-refractivity contribution is 5.98. The lowest BCUT2D eigenvalue weighted by Crippen LogP contribution is -2.30. The maximum absolute atomic E-state index is 12.2. The highest BCUT2D eigenvalue weighted by Gasteiger charge is 2.11. The maximum atomic E-state index is 12.2. The van der Waals surface area contributed by atoms with Crippen LogP contribution in [0, 0.1) is 0 Å². The van der Waals surface area contributed by atoms with Gasteiger partial charge in [0.1, 0.15) is 0 Å². The molecule has 0 spiro atoms. The molecule has 2 aromatic rings. The Morgan fingerprint density at radius 3 is 2.30 bits per heavy atom. The summed E-state index contributed by atoms with van der Waals surface area (Å²) in [6, 6.07) is 16.6. The summed E-state index contributed by atoms with van der Waals surface area (Å²) in [5.74, 6) is -0.228. The first kappa shape index (κ1) is 16.5. The van der Waals surface area contributed by atoms with Gasteiger partial charge in [-0.25, -0.2) is 0 Å². The van der Waals surface area contributed by atoms with Crippen LogP contribution in [-0.4, -0.2) is 44.4 Å². The number of anilines is 2. The van der Waals surface area contributed by atoms with Crippen LogP contribution in [-0.2, 0) is 4.79 Å². The normalized spacial score (nSPS) is 10.0. The zero-order valence-electron chi connectivity index (χ0n) is 13.6. The number of benzene rings is 2. The number of carbonyl (C=O) groups excluding carboxylic acids is 2. The molecule has 120 valence electrons. The molecule has 0 saturated carbocycles. The molecule has 0 bridgehead atoms. The minimum Gasteiger partial charge on any atom is -0.365 e. The fourth-order valence-corrected chi connectivity index (χ4v) is 2.18. The summed E-state index contributed by atoms with van der Waals surface area (Å²) in [6.07, 6.45) is 0. The molecule has 0 aliphatic heterocycles. The molecule has 23 heavy (non-hydrogen) atoms. The van der Waals surface area contributed by atoms with Gasteiger partial charge in [0, 0.05) is 38.1 Å². The van der Waals surface area contributed by atoms with E-state index in [-0.39, 0.29) is 18.4 Å². The van der Waals surface area contributed by atoms with Crippen LogP contribution in [0.4, 0.5) is 11.4 Å². The molecule has 0 aliphatic carbocycles. The smallest absolute Gasteiger partial charge is 0.253 e. The summed E-state index contributed by atoms with van der Waals surface area (Å²) < 4.78 is 0. The molecule has 0 heterocycles. The number of nitrogens with one attached hydrogen (secondary N) is 1. The third-order valence-corrected chi connectivity index (χ3v) is 3.38. The van der Waals surface area contributed by atoms with Crippen LogP contribution in [0.2, 0.25) is 0 Å². The quantitative estimate of drug-likeness (QED) is 0.923. The highest BCUT2D eigenvalue weighted by atomic mass is 16.2. The predicted octanol–water partition coefficient (Wildman–Crippen LogP) is 2.46. The summed E-state index contributed by atoms with van der Waals surface area (Å²) in [6.45, 7) is 0.232. The van der Waals surface area contributed by atoms with Crippen LogP contribution in [0.15, 0.2) is 54.6 Å². The first-order chi connectivity index (χ1) is 11.0. The van der Waals surface area contributed by atoms with E-state index in [1.165, 1.54) is 4.90 Å². The zero-order chi connectivity index (χ0) is 16.8. The van der Waals surface area contributed by atoms with Gasteiger partial charge in [-0.2, -0.15) is 0 Å². The minimum absolute atomic E-state index is 0.0949. The minimum atomic E-state index is -0.134. The van der Waals surface area contributed by atoms with Gasteiger partial charge in [-0.3, -0.25) is 9.59 Å². The van der Waals surface area contributed by atoms with Crippen molar-refractivity contribution in [2.24, 2.45) is 0 Å². The van der Waals surface area contributed by atoms with Gasteiger partial charge in [0.2, 0.25) is 5.91 Å². The Morgan fingerprint density at radius 2 is 1.65 bits per heavy atom. The third-order valence-electron chi connectivity index (χ3n) is 3.38. The fourth-order valence-electron chi connectivity index (χ4n) is 2.18. The van der Waals surface area contributed by atoms with Crippen LogP contribution in [0.5, 0.6) is 0 Å². The highest BCUT2D eigenvalue weighted by Crippen LogP contribution is 2.13. The molecule has 0 aromatic heterocycles. The van der Waals surface area contributed by atoms with E-state index < -0.39 is 0 Å². The lowest BCUT2D eigenvalue weighted by molar-refractivity contribution is -0.114. The Balaban J connectivity index is 2.00. The number of amides is 2. The van der Waals surface area contributed by atoms with Crippen molar-refractivity contribution >= 4 is 23.2 Å². The van der Waals surface area contributed by atoms with Crippen LogP contribution in [0.1, 0.15) is 10.4 Å². The molecule has 2 aromatic carbocycles. The van der Waals surface area contributed by atoms with Crippen molar-refractivity contribution in [3.63, 3.8) is 0 Å². The van der Waals surface area contributed by atoms with Crippen molar-refractivity contribution in [2.75, 3.05) is 37.9 Å². The molecule has 0 atom stereocenters. The number of hydrogen-bond acceptors (Lipinski definition) is 3. The first-order valence-electron chi connectivity index (χ1n) is 7.35. The molecule has 5 nitrogen and oxygen atoms in total. The van der Waals surface area contributed by atoms with E-state index in [2.05, 4.69) is 5.32 Å². The van der Waals surface area contributed by atoms with Crippen LogP contribution >= 0.6 is 0 Å². The molecule has 0 aliphatic rings. The molecule has 5 heteroatoms. The second-order valence-electron chi connectivity index (χ2n) is 5.52. The Morgan fingerprint density at radius 1 is 0.957 bits per heavy atom. The summed E-state index contributed by atoms with van der Waals surface area (Å²) in [5, 5.41) is 2.83. The zero-order valence-corrected chi connectivity index (χ0v) is 13.6. The van der Waals surface area contributed by atoms with Gasteiger partial charge < -0.3 is 15.1 Å². The average Bonchev–Trinajstić information content (AvgIpc) is 2.55. The summed E-state index contributed by atoms with van der Waals surface area (Å²) in [7, 11) is 5.26. The van der Waals surface area contributed by atoms with Crippen molar-refractivity contribution in [3.05, 3.63) is 60.2 Å². The van der Waals surface area contributed by atoms with E-state index >= 15 is 0 Å². The van der Waals surface area contributed by atoms with Crippen LogP contribution in [0.25, 0.3) is 0 Å². The molecule has 2 amide bonds. The largest absolute Gasteiger partial charge is 0.365 e. The molecule has 2 rings (SSSR count). The molecular formula is C18H21N3O2. The SMILES string of the molecule is CN(C)C(=O)c1cccc(NC(=O)CN(C)c2ccccc2)c1. The van der Waals surface area contributed by atoms with Gasteiger partial charge in [-0.1, -0.05) is 24.3 Å². The summed E-state index contributed by atoms with van der Waals surface area (Å²) in [4.78, 5) is 27.5. The molecule has 0 fully saturated rings. The van der Waals surface area contributed by atoms with Gasteiger partial charge in [0.25, 0.3) is 5.91 Å². The van der Waals surface area contributed by atoms with Crippen molar-refractivity contribution < 1.29 is 9.59 Å². The number of likely N-dealkylation sites (N-methyl/N-ethyl adjacent to an activating group) is 1. The topological polar surface area (TPSA) is 52.7 Å². The van der Waals surface area contributed by atoms with Gasteiger partial charge in [0.05, 0.1) is 6.54 Å². The van der Waals surface area contributed by atoms with Crippen molar-refractivity contribution in [2.45, 2.75) is 0 Å². The molecular weight excluding hydrogens is 290 g/mol. The van der Waals surface area contributed by atoms with Gasteiger partial charge >= 0.3 is 0 Å². The van der Waals surface area contributed by atoms with Gasteiger partial charge in [0.15, 0.2) is 0 Å². The van der Waals surface area contributed by atoms with E-state index in [4.69, 9.17) is 0 Å². The third kappa shape index (κ3) is 4.57. The molecule has 0 unspecified atom stereocenters. The molecule has 0 radical (unpaired) electrons. The summed E-state index contributed by atoms with van der Waals surface area (Å²) >= 11 is 0. The van der Waals surface area contributed by atoms with Crippen LogP contribution < -0.4 is 10.2 Å². The van der Waals surface area contributed by atoms with Crippen molar-refractivity contribution in [3.8, 4) is 0 Å². The maximum Gasteiger partial charge on any atom is 0.253 e. The van der Waals surface area contributed by atoms with E-state index in [0.29, 0.717) is 11.3 Å². The number of carbonyl (C=O) groups is 2. The van der Waals surface area contributed by atoms with E-state index in [9.17, 15) is 9.59 Å². The lowest BCUT2D eigenvalue weighted by atomic mass is 10.2. The fraction of sp³-hybridized carbons (Fsp3) is 0.222. The predicted molar refractivity (Wildman–Crippen MR) is 92.8 cm³/mol. The Bertz CT molecular complexity index is 684. The standard InChI is InChI=1S/C18H21N3O2/c1-20(2)18(23)14-8-7-9-15(12-14)19-17(22)13-21(3)16-10-5-4-6-11-16/h4-12H,13H2,1-3H3,(H,19,22). The number of hydrogen-bond donors (Lipinski definition) is 1. The molecule has 1 N–H and O–H groups in total. The van der Waals surface area contributed by atoms with Gasteiger partial charge in [-0.15, -0.1) is 0 Å². The Hall–Kier alpha value is -2.82. The van der Waals surface area contributed by atoms with E-state index in [1.807, 2.05) is 42.3 Å². The second kappa shape index (κ2) is 7.45. The second-order valence-corrected chi connectivity index (χ2v) is 5.52. The van der Waals surface area contributed by atoms with Crippen molar-refractivity contribution in [1.29, 1.82) is 0 Å². The van der Waals surface area contributed by atoms with E-state index in [1.54, 1.807) is 38.4 Å². The average molecular weight is 311 g/mol. The summed E-state index contributed by atoms with van der Waals surface area (Å²) in [5.41, 5.74) is 2.13. The Kier molecular flexibility index (Phi) is 5.36. The number of para-hydroxylation sites is 1. The Labute approximate surface area is 136 Å². The lowest BCUT2D eigenvalue weighted by Gasteiger charge is -2.18. The monoisotopic (exact) mass is 311 g/mol. The van der Waals surface area contributed by atoms with Crippen LogP contribution in [0.3, 0.4) is 0 Å². The van der Waals surface area contributed by atoms with E-state index in [0.717, 1.165) is 5.69 Å². The first-order valence-corrected chi connectivity index (χ1v) is 7.35. The number of rotatable bonds is 5. The van der Waals surface area contributed by atoms with Crippen molar-refractivity contribution in [1.82, 2.24) is 4.90 Å².